The molecule has 0 aliphatic heterocycles. The molecule has 13 heteroatoms. The minimum atomic E-state index is -5.08. The topological polar surface area (TPSA) is 116 Å². The highest BCUT2D eigenvalue weighted by molar-refractivity contribution is 5.94. The van der Waals surface area contributed by atoms with E-state index in [9.17, 15) is 26.7 Å². The molecule has 4 N–H and O–H groups in total. The lowest BCUT2D eigenvalue weighted by Crippen LogP contribution is -2.40. The zero-order valence-corrected chi connectivity index (χ0v) is 18.3. The zero-order chi connectivity index (χ0) is 25.5. The molecule has 0 unspecified atom stereocenters. The number of carboxylic acids is 1. The van der Waals surface area contributed by atoms with Gasteiger partial charge >= 0.3 is 12.1 Å². The van der Waals surface area contributed by atoms with Gasteiger partial charge in [-0.1, -0.05) is 0 Å². The normalized spacial score (nSPS) is 17.7. The van der Waals surface area contributed by atoms with Crippen molar-refractivity contribution in [2.75, 3.05) is 17.7 Å². The maximum atomic E-state index is 13.3. The van der Waals surface area contributed by atoms with Gasteiger partial charge in [0.1, 0.15) is 5.82 Å². The summed E-state index contributed by atoms with van der Waals surface area (Å²) in [6.07, 6.45) is -0.0196. The van der Waals surface area contributed by atoms with Crippen LogP contribution in [0.25, 0.3) is 0 Å². The highest BCUT2D eigenvalue weighted by atomic mass is 19.4. The Morgan fingerprint density at radius 2 is 1.65 bits per heavy atom. The summed E-state index contributed by atoms with van der Waals surface area (Å²) in [7, 11) is 1.82. The van der Waals surface area contributed by atoms with Crippen LogP contribution in [0.15, 0.2) is 24.4 Å². The van der Waals surface area contributed by atoms with Crippen molar-refractivity contribution in [2.45, 2.75) is 50.9 Å². The van der Waals surface area contributed by atoms with Crippen molar-refractivity contribution in [1.29, 1.82) is 0 Å². The van der Waals surface area contributed by atoms with Crippen LogP contribution in [0.5, 0.6) is 0 Å². The first kappa shape index (κ1) is 26.7. The number of benzene rings is 1. The number of aliphatic carboxylic acids is 1. The lowest BCUT2D eigenvalue weighted by atomic mass is 9.91. The smallest absolute Gasteiger partial charge is 0.475 e. The number of carbonyl (C=O) groups is 2. The molecule has 1 amide bonds. The number of carbonyl (C=O) groups excluding carboxylic acids is 1. The van der Waals surface area contributed by atoms with E-state index in [1.54, 1.807) is 6.20 Å². The Hall–Kier alpha value is -3.51. The van der Waals surface area contributed by atoms with Gasteiger partial charge in [0.2, 0.25) is 5.95 Å². The number of aromatic nitrogens is 2. The van der Waals surface area contributed by atoms with Gasteiger partial charge in [-0.05, 0) is 50.8 Å². The predicted molar refractivity (Wildman–Crippen MR) is 113 cm³/mol. The van der Waals surface area contributed by atoms with Crippen molar-refractivity contribution in [3.63, 3.8) is 0 Å². The van der Waals surface area contributed by atoms with Crippen LogP contribution >= 0.6 is 0 Å². The Balaban J connectivity index is 0.000000509. The number of halogens is 5. The molecule has 0 bridgehead atoms. The lowest BCUT2D eigenvalue weighted by Gasteiger charge is -2.29. The number of alkyl halides is 3. The largest absolute Gasteiger partial charge is 0.490 e. The Labute approximate surface area is 192 Å². The van der Waals surface area contributed by atoms with Gasteiger partial charge < -0.3 is 21.1 Å². The Bertz CT molecular complexity index is 1010. The molecule has 0 radical (unpaired) electrons. The van der Waals surface area contributed by atoms with Crippen LogP contribution in [0.1, 0.15) is 41.6 Å². The molecule has 1 aromatic heterocycles. The highest BCUT2D eigenvalue weighted by Crippen LogP contribution is 2.22. The summed E-state index contributed by atoms with van der Waals surface area (Å²) in [4.78, 5) is 29.8. The number of hydrogen-bond donors (Lipinski definition) is 4. The van der Waals surface area contributed by atoms with E-state index >= 15 is 0 Å². The van der Waals surface area contributed by atoms with Gasteiger partial charge in [-0.25, -0.2) is 18.6 Å². The Morgan fingerprint density at radius 3 is 2.18 bits per heavy atom. The summed E-state index contributed by atoms with van der Waals surface area (Å²) in [6, 6.07) is 3.41. The number of nitrogens with zero attached hydrogens (tertiary/aromatic N) is 2. The molecule has 8 nitrogen and oxygen atoms in total. The van der Waals surface area contributed by atoms with Gasteiger partial charge in [0, 0.05) is 36.5 Å². The molecule has 0 atom stereocenters. The van der Waals surface area contributed by atoms with Gasteiger partial charge in [0.15, 0.2) is 11.6 Å². The molecule has 1 aliphatic carbocycles. The first-order valence-electron chi connectivity index (χ1n) is 10.2. The van der Waals surface area contributed by atoms with Crippen molar-refractivity contribution in [3.05, 3.63) is 47.2 Å². The van der Waals surface area contributed by atoms with Crippen LogP contribution in [0.3, 0.4) is 0 Å². The zero-order valence-electron chi connectivity index (χ0n) is 18.3. The van der Waals surface area contributed by atoms with Crippen molar-refractivity contribution in [2.24, 2.45) is 0 Å². The molecule has 1 saturated carbocycles. The molecule has 34 heavy (non-hydrogen) atoms. The van der Waals surface area contributed by atoms with Crippen molar-refractivity contribution in [3.8, 4) is 0 Å². The first-order chi connectivity index (χ1) is 15.9. The van der Waals surface area contributed by atoms with Gasteiger partial charge in [-0.3, -0.25) is 4.79 Å². The molecule has 0 spiro atoms. The summed E-state index contributed by atoms with van der Waals surface area (Å²) >= 11 is 0. The quantitative estimate of drug-likeness (QED) is 0.471. The van der Waals surface area contributed by atoms with Crippen molar-refractivity contribution in [1.82, 2.24) is 15.3 Å². The number of carboxylic acid groups (broad SMARTS) is 1. The number of anilines is 2. The number of hydrogen-bond acceptors (Lipinski definition) is 6. The van der Waals surface area contributed by atoms with Crippen molar-refractivity contribution < 1.29 is 36.6 Å². The second-order valence-corrected chi connectivity index (χ2v) is 7.57. The summed E-state index contributed by atoms with van der Waals surface area (Å²) in [5, 5.41) is 16.4. The summed E-state index contributed by atoms with van der Waals surface area (Å²) in [5.41, 5.74) is 1.11. The van der Waals surface area contributed by atoms with Crippen LogP contribution in [0.4, 0.5) is 33.7 Å². The molecular weight excluding hydrogens is 465 g/mol. The van der Waals surface area contributed by atoms with Crippen LogP contribution < -0.4 is 16.0 Å². The fraction of sp³-hybridized carbons (Fsp3) is 0.429. The van der Waals surface area contributed by atoms with Gasteiger partial charge in [0.05, 0.1) is 0 Å². The first-order valence-corrected chi connectivity index (χ1v) is 10.2. The Morgan fingerprint density at radius 1 is 1.06 bits per heavy atom. The van der Waals surface area contributed by atoms with Gasteiger partial charge in [0.25, 0.3) is 5.91 Å². The van der Waals surface area contributed by atoms with E-state index in [1.165, 1.54) is 6.07 Å². The SMILES string of the molecule is CNc1nc(N[C@H]2CC[C@@H](NC(=O)c3ccc(F)c(F)c3)CC2)ncc1C.O=C(O)C(F)(F)F. The molecule has 3 rings (SSSR count). The van der Waals surface area contributed by atoms with Gasteiger partial charge in [-0.2, -0.15) is 18.2 Å². The van der Waals surface area contributed by atoms with E-state index in [2.05, 4.69) is 25.9 Å². The monoisotopic (exact) mass is 489 g/mol. The van der Waals surface area contributed by atoms with E-state index in [0.717, 1.165) is 49.2 Å². The number of nitrogens with one attached hydrogen (secondary N) is 3. The van der Waals surface area contributed by atoms with Crippen LogP contribution in [-0.4, -0.2) is 52.3 Å². The second kappa shape index (κ2) is 11.6. The standard InChI is InChI=1S/C19H23F2N5O.C2HF3O2/c1-11-10-23-19(26-17(11)22-2)25-14-6-4-13(5-7-14)24-18(27)12-3-8-15(20)16(21)9-12;3-2(4,5)1(6)7/h3,8-10,13-14H,4-7H2,1-2H3,(H,24,27)(H2,22,23,25,26);(H,6,7)/t13-,14+;. The number of aryl methyl sites for hydroxylation is 1. The third kappa shape index (κ3) is 7.81. The molecular formula is C21H24F5N5O3. The average molecular weight is 489 g/mol. The highest BCUT2D eigenvalue weighted by Gasteiger charge is 2.38. The third-order valence-electron chi connectivity index (χ3n) is 5.03. The lowest BCUT2D eigenvalue weighted by molar-refractivity contribution is -0.192. The molecule has 1 aromatic carbocycles. The molecule has 186 valence electrons. The van der Waals surface area contributed by atoms with E-state index < -0.39 is 23.8 Å². The molecule has 1 fully saturated rings. The van der Waals surface area contributed by atoms with E-state index in [0.29, 0.717) is 5.95 Å². The Kier molecular flexibility index (Phi) is 9.10. The van der Waals surface area contributed by atoms with Gasteiger partial charge in [-0.15, -0.1) is 0 Å². The van der Waals surface area contributed by atoms with Crippen LogP contribution in [-0.2, 0) is 4.79 Å². The summed E-state index contributed by atoms with van der Waals surface area (Å²) < 4.78 is 58.0. The van der Waals surface area contributed by atoms with Crippen LogP contribution in [0, 0.1) is 18.6 Å². The second-order valence-electron chi connectivity index (χ2n) is 7.57. The molecule has 1 heterocycles. The van der Waals surface area contributed by atoms with Crippen LogP contribution in [0.2, 0.25) is 0 Å². The number of amides is 1. The molecule has 1 aliphatic rings. The van der Waals surface area contributed by atoms with Crippen molar-refractivity contribution >= 4 is 23.6 Å². The average Bonchev–Trinajstić information content (AvgIpc) is 2.78. The minimum absolute atomic E-state index is 0.00969. The maximum absolute atomic E-state index is 13.3. The maximum Gasteiger partial charge on any atom is 0.490 e. The minimum Gasteiger partial charge on any atom is -0.475 e. The number of rotatable bonds is 5. The van der Waals surface area contributed by atoms with E-state index in [4.69, 9.17) is 9.90 Å². The predicted octanol–water partition coefficient (Wildman–Crippen LogP) is 3.89. The summed E-state index contributed by atoms with van der Waals surface area (Å²) in [6.45, 7) is 1.94. The van der Waals surface area contributed by atoms with E-state index in [1.807, 2.05) is 14.0 Å². The fourth-order valence-electron chi connectivity index (χ4n) is 3.24. The third-order valence-corrected chi connectivity index (χ3v) is 5.03. The van der Waals surface area contributed by atoms with E-state index in [-0.39, 0.29) is 23.6 Å². The fourth-order valence-corrected chi connectivity index (χ4v) is 3.24. The molecule has 2 aromatic rings. The summed E-state index contributed by atoms with van der Waals surface area (Å²) in [5.74, 6) is -3.75. The molecule has 0 saturated heterocycles.